The van der Waals surface area contributed by atoms with E-state index < -0.39 is 0 Å². The number of pyridine rings is 1. The van der Waals surface area contributed by atoms with Gasteiger partial charge in [-0.2, -0.15) is 0 Å². The number of ether oxygens (including phenoxy) is 1. The molecule has 0 radical (unpaired) electrons. The van der Waals surface area contributed by atoms with E-state index in [0.29, 0.717) is 6.61 Å². The highest BCUT2D eigenvalue weighted by molar-refractivity contribution is 5.81. The first-order valence-electron chi connectivity index (χ1n) is 6.35. The van der Waals surface area contributed by atoms with Crippen LogP contribution in [0.2, 0.25) is 0 Å². The van der Waals surface area contributed by atoms with Crippen molar-refractivity contribution >= 4 is 10.9 Å². The van der Waals surface area contributed by atoms with Gasteiger partial charge in [-0.25, -0.2) is 0 Å². The molecular formula is C17H15NO. The Bertz CT molecular complexity index is 684. The molecule has 0 aliphatic rings. The molecule has 94 valence electrons. The zero-order valence-electron chi connectivity index (χ0n) is 10.8. The minimum absolute atomic E-state index is 0.539. The summed E-state index contributed by atoms with van der Waals surface area (Å²) in [6.45, 7) is 2.61. The van der Waals surface area contributed by atoms with Crippen molar-refractivity contribution in [3.63, 3.8) is 0 Å². The van der Waals surface area contributed by atoms with Gasteiger partial charge in [0.25, 0.3) is 0 Å². The fourth-order valence-corrected chi connectivity index (χ4v) is 2.08. The Hall–Kier alpha value is -2.35. The molecule has 0 atom stereocenters. The summed E-state index contributed by atoms with van der Waals surface area (Å²) in [5.74, 6) is 0.888. The largest absolute Gasteiger partial charge is 0.489 e. The van der Waals surface area contributed by atoms with Crippen LogP contribution in [0.25, 0.3) is 10.9 Å². The van der Waals surface area contributed by atoms with Crippen molar-refractivity contribution in [1.29, 1.82) is 0 Å². The summed E-state index contributed by atoms with van der Waals surface area (Å²) in [7, 11) is 0. The maximum absolute atomic E-state index is 5.82. The van der Waals surface area contributed by atoms with Crippen LogP contribution in [-0.4, -0.2) is 4.98 Å². The van der Waals surface area contributed by atoms with Gasteiger partial charge in [0, 0.05) is 17.1 Å². The first-order valence-corrected chi connectivity index (χ1v) is 6.35. The molecule has 0 spiro atoms. The second-order valence-corrected chi connectivity index (χ2v) is 4.59. The van der Waals surface area contributed by atoms with E-state index in [9.17, 15) is 0 Å². The predicted octanol–water partition coefficient (Wildman–Crippen LogP) is 4.12. The van der Waals surface area contributed by atoms with E-state index in [1.807, 2.05) is 30.5 Å². The van der Waals surface area contributed by atoms with E-state index in [4.69, 9.17) is 4.74 Å². The lowest BCUT2D eigenvalue weighted by Gasteiger charge is -2.08. The zero-order valence-corrected chi connectivity index (χ0v) is 10.8. The molecule has 0 bridgehead atoms. The van der Waals surface area contributed by atoms with Crippen molar-refractivity contribution in [3.05, 3.63) is 71.9 Å². The van der Waals surface area contributed by atoms with Gasteiger partial charge in [-0.05, 0) is 25.1 Å². The molecule has 2 aromatic carbocycles. The summed E-state index contributed by atoms with van der Waals surface area (Å²) in [5.41, 5.74) is 3.36. The van der Waals surface area contributed by atoms with Crippen LogP contribution in [-0.2, 0) is 6.61 Å². The molecule has 0 N–H and O–H groups in total. The molecule has 3 rings (SSSR count). The average molecular weight is 249 g/mol. The SMILES string of the molecule is Cc1ccc(OCc2cccc3cccnc23)cc1. The molecule has 1 heterocycles. The maximum Gasteiger partial charge on any atom is 0.119 e. The Morgan fingerprint density at radius 3 is 2.58 bits per heavy atom. The summed E-state index contributed by atoms with van der Waals surface area (Å²) in [5, 5.41) is 1.15. The van der Waals surface area contributed by atoms with E-state index in [1.165, 1.54) is 5.56 Å². The highest BCUT2D eigenvalue weighted by Crippen LogP contribution is 2.19. The van der Waals surface area contributed by atoms with Gasteiger partial charge in [0.15, 0.2) is 0 Å². The molecular weight excluding hydrogens is 234 g/mol. The van der Waals surface area contributed by atoms with Crippen molar-refractivity contribution < 1.29 is 4.74 Å². The molecule has 0 saturated heterocycles. The van der Waals surface area contributed by atoms with Gasteiger partial charge in [0.1, 0.15) is 12.4 Å². The van der Waals surface area contributed by atoms with E-state index in [2.05, 4.69) is 42.2 Å². The van der Waals surface area contributed by atoms with Gasteiger partial charge in [-0.15, -0.1) is 0 Å². The second-order valence-electron chi connectivity index (χ2n) is 4.59. The molecule has 3 aromatic rings. The first kappa shape index (κ1) is 11.7. The number of aromatic nitrogens is 1. The first-order chi connectivity index (χ1) is 9.33. The lowest BCUT2D eigenvalue weighted by Crippen LogP contribution is -1.97. The van der Waals surface area contributed by atoms with E-state index in [-0.39, 0.29) is 0 Å². The van der Waals surface area contributed by atoms with Crippen molar-refractivity contribution in [2.45, 2.75) is 13.5 Å². The van der Waals surface area contributed by atoms with Crippen LogP contribution in [0, 0.1) is 6.92 Å². The Labute approximate surface area is 112 Å². The fraction of sp³-hybridized carbons (Fsp3) is 0.118. The van der Waals surface area contributed by atoms with Crippen LogP contribution >= 0.6 is 0 Å². The van der Waals surface area contributed by atoms with Gasteiger partial charge in [-0.1, -0.05) is 42.0 Å². The van der Waals surface area contributed by atoms with E-state index in [1.54, 1.807) is 0 Å². The Kier molecular flexibility index (Phi) is 3.15. The number of fused-ring (bicyclic) bond motifs is 1. The fourth-order valence-electron chi connectivity index (χ4n) is 2.08. The third kappa shape index (κ3) is 2.58. The number of aryl methyl sites for hydroxylation is 1. The predicted molar refractivity (Wildman–Crippen MR) is 77.3 cm³/mol. The standard InChI is InChI=1S/C17H15NO/c1-13-7-9-16(10-8-13)19-12-15-5-2-4-14-6-3-11-18-17(14)15/h2-11H,12H2,1H3. The number of rotatable bonds is 3. The van der Waals surface area contributed by atoms with Crippen LogP contribution in [0.3, 0.4) is 0 Å². The summed E-state index contributed by atoms with van der Waals surface area (Å²) >= 11 is 0. The molecule has 0 aliphatic carbocycles. The minimum atomic E-state index is 0.539. The average Bonchev–Trinajstić information content (AvgIpc) is 2.47. The van der Waals surface area contributed by atoms with Crippen LogP contribution in [0.4, 0.5) is 0 Å². The Morgan fingerprint density at radius 2 is 1.74 bits per heavy atom. The quantitative estimate of drug-likeness (QED) is 0.696. The highest BCUT2D eigenvalue weighted by Gasteiger charge is 2.02. The molecule has 0 aliphatic heterocycles. The zero-order chi connectivity index (χ0) is 13.1. The van der Waals surface area contributed by atoms with Gasteiger partial charge < -0.3 is 4.74 Å². The number of hydrogen-bond acceptors (Lipinski definition) is 2. The minimum Gasteiger partial charge on any atom is -0.489 e. The normalized spacial score (nSPS) is 10.6. The summed E-state index contributed by atoms with van der Waals surface area (Å²) in [4.78, 5) is 4.43. The van der Waals surface area contributed by atoms with Crippen LogP contribution in [0.5, 0.6) is 5.75 Å². The van der Waals surface area contributed by atoms with E-state index in [0.717, 1.165) is 22.2 Å². The van der Waals surface area contributed by atoms with Crippen LogP contribution in [0.15, 0.2) is 60.8 Å². The molecule has 0 amide bonds. The molecule has 2 nitrogen and oxygen atoms in total. The van der Waals surface area contributed by atoms with Crippen molar-refractivity contribution in [3.8, 4) is 5.75 Å². The summed E-state index contributed by atoms with van der Waals surface area (Å²) < 4.78 is 5.82. The number of para-hydroxylation sites is 1. The van der Waals surface area contributed by atoms with Gasteiger partial charge >= 0.3 is 0 Å². The number of benzene rings is 2. The third-order valence-corrected chi connectivity index (χ3v) is 3.13. The Balaban J connectivity index is 1.84. The molecule has 0 unspecified atom stereocenters. The molecule has 19 heavy (non-hydrogen) atoms. The summed E-state index contributed by atoms with van der Waals surface area (Å²) in [6, 6.07) is 18.3. The van der Waals surface area contributed by atoms with Crippen molar-refractivity contribution in [1.82, 2.24) is 4.98 Å². The highest BCUT2D eigenvalue weighted by atomic mass is 16.5. The lowest BCUT2D eigenvalue weighted by molar-refractivity contribution is 0.307. The summed E-state index contributed by atoms with van der Waals surface area (Å²) in [6.07, 6.45) is 1.82. The topological polar surface area (TPSA) is 22.1 Å². The molecule has 2 heteroatoms. The number of nitrogens with zero attached hydrogens (tertiary/aromatic N) is 1. The third-order valence-electron chi connectivity index (χ3n) is 3.13. The van der Waals surface area contributed by atoms with Crippen LogP contribution in [0.1, 0.15) is 11.1 Å². The van der Waals surface area contributed by atoms with Crippen molar-refractivity contribution in [2.24, 2.45) is 0 Å². The van der Waals surface area contributed by atoms with Gasteiger partial charge in [0.2, 0.25) is 0 Å². The monoisotopic (exact) mass is 249 g/mol. The molecule has 0 fully saturated rings. The second kappa shape index (κ2) is 5.11. The lowest BCUT2D eigenvalue weighted by atomic mass is 10.1. The molecule has 1 aromatic heterocycles. The Morgan fingerprint density at radius 1 is 0.947 bits per heavy atom. The van der Waals surface area contributed by atoms with Crippen LogP contribution < -0.4 is 4.74 Å². The smallest absolute Gasteiger partial charge is 0.119 e. The van der Waals surface area contributed by atoms with Gasteiger partial charge in [-0.3, -0.25) is 4.98 Å². The van der Waals surface area contributed by atoms with Crippen molar-refractivity contribution in [2.75, 3.05) is 0 Å². The molecule has 0 saturated carbocycles. The maximum atomic E-state index is 5.82. The number of hydrogen-bond donors (Lipinski definition) is 0. The van der Waals surface area contributed by atoms with E-state index >= 15 is 0 Å². The van der Waals surface area contributed by atoms with Gasteiger partial charge in [0.05, 0.1) is 5.52 Å².